The highest BCUT2D eigenvalue weighted by Gasteiger charge is 2.09. The van der Waals surface area contributed by atoms with Crippen molar-refractivity contribution in [1.82, 2.24) is 0 Å². The molecule has 0 N–H and O–H groups in total. The average molecular weight is 240 g/mol. The van der Waals surface area contributed by atoms with Gasteiger partial charge in [-0.05, 0) is 43.7 Å². The zero-order chi connectivity index (χ0) is 13.1. The fourth-order valence-corrected chi connectivity index (χ4v) is 2.07. The van der Waals surface area contributed by atoms with E-state index in [0.717, 1.165) is 23.6 Å². The molecule has 0 atom stereocenters. The van der Waals surface area contributed by atoms with E-state index in [4.69, 9.17) is 9.68 Å². The van der Waals surface area contributed by atoms with E-state index >= 15 is 0 Å². The average Bonchev–Trinajstić information content (AvgIpc) is 2.74. The van der Waals surface area contributed by atoms with Crippen molar-refractivity contribution < 1.29 is 4.42 Å². The fraction of sp³-hybridized carbons (Fsp3) is 0.267. The summed E-state index contributed by atoms with van der Waals surface area (Å²) in [5.41, 5.74) is 4.12. The Hall–Kier alpha value is -2.21. The van der Waals surface area contributed by atoms with Crippen LogP contribution in [0.2, 0.25) is 0 Å². The van der Waals surface area contributed by atoms with E-state index < -0.39 is 0 Å². The van der Waals surface area contributed by atoms with Gasteiger partial charge in [0.05, 0.1) is 17.9 Å². The second kappa shape index (κ2) is 4.97. The smallest absolute Gasteiger partial charge is 0.105 e. The zero-order valence-corrected chi connectivity index (χ0v) is 10.9. The van der Waals surface area contributed by atoms with E-state index in [0.29, 0.717) is 5.56 Å². The van der Waals surface area contributed by atoms with E-state index in [9.17, 15) is 0 Å². The summed E-state index contributed by atoms with van der Waals surface area (Å²) >= 11 is 0. The number of rotatable bonds is 3. The number of anilines is 1. The molecule has 0 saturated heterocycles. The van der Waals surface area contributed by atoms with Gasteiger partial charge in [0.2, 0.25) is 0 Å². The van der Waals surface area contributed by atoms with Crippen LogP contribution in [0.4, 0.5) is 5.69 Å². The van der Waals surface area contributed by atoms with Gasteiger partial charge in [-0.2, -0.15) is 5.26 Å². The molecule has 0 spiro atoms. The summed E-state index contributed by atoms with van der Waals surface area (Å²) in [5, 5.41) is 8.86. The lowest BCUT2D eigenvalue weighted by Gasteiger charge is -2.21. The van der Waals surface area contributed by atoms with E-state index in [1.165, 1.54) is 5.56 Å². The van der Waals surface area contributed by atoms with Gasteiger partial charge in [0.1, 0.15) is 5.76 Å². The Morgan fingerprint density at radius 2 is 2.06 bits per heavy atom. The van der Waals surface area contributed by atoms with Gasteiger partial charge < -0.3 is 9.32 Å². The number of nitrogens with zero attached hydrogens (tertiary/aromatic N) is 2. The van der Waals surface area contributed by atoms with Crippen LogP contribution in [0.5, 0.6) is 0 Å². The molecule has 18 heavy (non-hydrogen) atoms. The number of benzene rings is 1. The number of hydrogen-bond donors (Lipinski definition) is 0. The van der Waals surface area contributed by atoms with Crippen LogP contribution in [-0.2, 0) is 6.54 Å². The summed E-state index contributed by atoms with van der Waals surface area (Å²) in [6.07, 6.45) is 1.71. The van der Waals surface area contributed by atoms with Gasteiger partial charge in [0.25, 0.3) is 0 Å². The Balaban J connectivity index is 2.22. The summed E-state index contributed by atoms with van der Waals surface area (Å²) in [5.74, 6) is 0.952. The molecule has 92 valence electrons. The Morgan fingerprint density at radius 1 is 1.28 bits per heavy atom. The minimum Gasteiger partial charge on any atom is -0.469 e. The Morgan fingerprint density at radius 3 is 2.61 bits per heavy atom. The fourth-order valence-electron chi connectivity index (χ4n) is 2.07. The van der Waals surface area contributed by atoms with Crippen LogP contribution >= 0.6 is 0 Å². The molecule has 1 heterocycles. The van der Waals surface area contributed by atoms with E-state index in [-0.39, 0.29) is 0 Å². The molecule has 3 heteroatoms. The molecule has 0 unspecified atom stereocenters. The molecule has 0 aliphatic rings. The predicted octanol–water partition coefficient (Wildman–Crippen LogP) is 3.40. The highest BCUT2D eigenvalue weighted by atomic mass is 16.3. The summed E-state index contributed by atoms with van der Waals surface area (Å²) in [4.78, 5) is 2.16. The topological polar surface area (TPSA) is 40.2 Å². The number of hydrogen-bond acceptors (Lipinski definition) is 3. The van der Waals surface area contributed by atoms with E-state index in [1.54, 1.807) is 6.26 Å². The molecule has 3 nitrogen and oxygen atoms in total. The molecule has 1 aromatic carbocycles. The molecule has 2 rings (SSSR count). The minimum absolute atomic E-state index is 0.698. The maximum Gasteiger partial charge on any atom is 0.105 e. The van der Waals surface area contributed by atoms with Gasteiger partial charge in [-0.15, -0.1) is 0 Å². The van der Waals surface area contributed by atoms with Gasteiger partial charge in [0, 0.05) is 24.8 Å². The van der Waals surface area contributed by atoms with Crippen LogP contribution in [0.3, 0.4) is 0 Å². The molecule has 2 aromatic rings. The van der Waals surface area contributed by atoms with Crippen molar-refractivity contribution in [2.75, 3.05) is 11.9 Å². The van der Waals surface area contributed by atoms with Gasteiger partial charge in [0.15, 0.2) is 0 Å². The number of furan rings is 1. The first-order chi connectivity index (χ1) is 8.61. The van der Waals surface area contributed by atoms with Crippen LogP contribution in [-0.4, -0.2) is 7.05 Å². The third-order valence-electron chi connectivity index (χ3n) is 3.11. The molecule has 0 amide bonds. The Kier molecular flexibility index (Phi) is 3.38. The van der Waals surface area contributed by atoms with Gasteiger partial charge in [-0.3, -0.25) is 0 Å². The van der Waals surface area contributed by atoms with Crippen molar-refractivity contribution in [3.05, 3.63) is 53.0 Å². The molecule has 0 radical (unpaired) electrons. The standard InChI is InChI=1S/C15H16N2O/c1-11-8-13(9-16)4-5-15(11)17(3)10-14-6-7-18-12(14)2/h4-8H,10H2,1-3H3. The maximum atomic E-state index is 8.86. The zero-order valence-electron chi connectivity index (χ0n) is 10.9. The quantitative estimate of drug-likeness (QED) is 0.825. The molecular weight excluding hydrogens is 224 g/mol. The van der Waals surface area contributed by atoms with Crippen molar-refractivity contribution in [1.29, 1.82) is 5.26 Å². The predicted molar refractivity (Wildman–Crippen MR) is 71.4 cm³/mol. The first-order valence-corrected chi connectivity index (χ1v) is 5.86. The lowest BCUT2D eigenvalue weighted by Crippen LogP contribution is -2.17. The first kappa shape index (κ1) is 12.3. The molecular formula is C15H16N2O. The highest BCUT2D eigenvalue weighted by molar-refractivity contribution is 5.56. The summed E-state index contributed by atoms with van der Waals surface area (Å²) in [6, 6.07) is 9.89. The summed E-state index contributed by atoms with van der Waals surface area (Å²) in [7, 11) is 2.04. The molecule has 1 aromatic heterocycles. The monoisotopic (exact) mass is 240 g/mol. The third kappa shape index (κ3) is 2.38. The normalized spacial score (nSPS) is 10.1. The van der Waals surface area contributed by atoms with Crippen LogP contribution in [0.25, 0.3) is 0 Å². The van der Waals surface area contributed by atoms with Crippen molar-refractivity contribution in [2.24, 2.45) is 0 Å². The van der Waals surface area contributed by atoms with Gasteiger partial charge in [-0.25, -0.2) is 0 Å². The summed E-state index contributed by atoms with van der Waals surface area (Å²) in [6.45, 7) is 4.79. The molecule has 0 bridgehead atoms. The molecule has 0 aliphatic carbocycles. The van der Waals surface area contributed by atoms with Gasteiger partial charge >= 0.3 is 0 Å². The minimum atomic E-state index is 0.698. The van der Waals surface area contributed by atoms with Crippen LogP contribution in [0.1, 0.15) is 22.5 Å². The maximum absolute atomic E-state index is 8.86. The Labute approximate surface area is 107 Å². The van der Waals surface area contributed by atoms with Crippen molar-refractivity contribution in [3.63, 3.8) is 0 Å². The first-order valence-electron chi connectivity index (χ1n) is 5.86. The molecule has 0 fully saturated rings. The van der Waals surface area contributed by atoms with Crippen molar-refractivity contribution >= 4 is 5.69 Å². The number of aryl methyl sites for hydroxylation is 2. The highest BCUT2D eigenvalue weighted by Crippen LogP contribution is 2.22. The largest absolute Gasteiger partial charge is 0.469 e. The van der Waals surface area contributed by atoms with Crippen LogP contribution in [0, 0.1) is 25.2 Å². The summed E-state index contributed by atoms with van der Waals surface area (Å²) < 4.78 is 5.30. The van der Waals surface area contributed by atoms with Crippen LogP contribution < -0.4 is 4.90 Å². The van der Waals surface area contributed by atoms with Crippen molar-refractivity contribution in [2.45, 2.75) is 20.4 Å². The second-order valence-electron chi connectivity index (χ2n) is 4.47. The lowest BCUT2D eigenvalue weighted by molar-refractivity contribution is 0.529. The SMILES string of the molecule is Cc1cc(C#N)ccc1N(C)Cc1ccoc1C. The van der Waals surface area contributed by atoms with Crippen LogP contribution in [0.15, 0.2) is 34.9 Å². The third-order valence-corrected chi connectivity index (χ3v) is 3.11. The second-order valence-corrected chi connectivity index (χ2v) is 4.47. The van der Waals surface area contributed by atoms with E-state index in [1.807, 2.05) is 45.2 Å². The van der Waals surface area contributed by atoms with Gasteiger partial charge in [-0.1, -0.05) is 0 Å². The molecule has 0 saturated carbocycles. The van der Waals surface area contributed by atoms with E-state index in [2.05, 4.69) is 11.0 Å². The Bertz CT molecular complexity index is 593. The van der Waals surface area contributed by atoms with Crippen molar-refractivity contribution in [3.8, 4) is 6.07 Å². The number of nitriles is 1. The lowest BCUT2D eigenvalue weighted by atomic mass is 10.1. The molecule has 0 aliphatic heterocycles.